The topological polar surface area (TPSA) is 38.9 Å². The van der Waals surface area contributed by atoms with Crippen molar-refractivity contribution in [2.45, 2.75) is 45.2 Å². The maximum absolute atomic E-state index is 4.68. The molecule has 0 spiro atoms. The van der Waals surface area contributed by atoms with E-state index in [1.165, 1.54) is 29.9 Å². The summed E-state index contributed by atoms with van der Waals surface area (Å²) in [5.41, 5.74) is 2.49. The van der Waals surface area contributed by atoms with E-state index in [9.17, 15) is 0 Å². The van der Waals surface area contributed by atoms with Gasteiger partial charge in [-0.05, 0) is 50.9 Å². The molecule has 0 saturated carbocycles. The summed E-state index contributed by atoms with van der Waals surface area (Å²) in [5, 5.41) is 4.41. The first-order chi connectivity index (χ1) is 12.7. The summed E-state index contributed by atoms with van der Waals surface area (Å²) >= 11 is 0. The molecule has 1 aliphatic rings. The molecule has 1 aromatic carbocycles. The third kappa shape index (κ3) is 3.44. The zero-order valence-electron chi connectivity index (χ0n) is 15.6. The molecular weight excluding hydrogens is 322 g/mol. The summed E-state index contributed by atoms with van der Waals surface area (Å²) in [6, 6.07) is 11.0. The van der Waals surface area contributed by atoms with E-state index in [1.807, 2.05) is 29.3 Å². The average molecular weight is 349 g/mol. The predicted octanol–water partition coefficient (Wildman–Crippen LogP) is 4.03. The second kappa shape index (κ2) is 7.46. The Morgan fingerprint density at radius 3 is 2.81 bits per heavy atom. The highest BCUT2D eigenvalue weighted by atomic mass is 15.3. The molecule has 1 fully saturated rings. The molecule has 0 bridgehead atoms. The van der Waals surface area contributed by atoms with E-state index in [0.717, 1.165) is 19.6 Å². The van der Waals surface area contributed by atoms with Crippen molar-refractivity contribution in [3.05, 3.63) is 66.5 Å². The van der Waals surface area contributed by atoms with Gasteiger partial charge in [0.05, 0.1) is 5.69 Å². The first-order valence-corrected chi connectivity index (χ1v) is 9.55. The van der Waals surface area contributed by atoms with Crippen molar-refractivity contribution in [2.24, 2.45) is 0 Å². The van der Waals surface area contributed by atoms with Gasteiger partial charge >= 0.3 is 0 Å². The molecule has 1 aliphatic heterocycles. The molecule has 1 atom stereocenters. The molecule has 1 unspecified atom stereocenters. The molecule has 2 aromatic heterocycles. The van der Waals surface area contributed by atoms with Crippen LogP contribution in [0.25, 0.3) is 5.69 Å². The zero-order valence-corrected chi connectivity index (χ0v) is 15.6. The Morgan fingerprint density at radius 1 is 1.12 bits per heavy atom. The van der Waals surface area contributed by atoms with Crippen LogP contribution >= 0.6 is 0 Å². The van der Waals surface area contributed by atoms with E-state index in [4.69, 9.17) is 0 Å². The number of rotatable bonds is 5. The highest BCUT2D eigenvalue weighted by Gasteiger charge is 2.25. The van der Waals surface area contributed by atoms with Gasteiger partial charge in [0.15, 0.2) is 0 Å². The highest BCUT2D eigenvalue weighted by molar-refractivity contribution is 5.40. The molecule has 0 aliphatic carbocycles. The van der Waals surface area contributed by atoms with Crippen LogP contribution < -0.4 is 0 Å². The fraction of sp³-hybridized carbons (Fsp3) is 0.429. The van der Waals surface area contributed by atoms with Crippen molar-refractivity contribution in [1.82, 2.24) is 24.2 Å². The van der Waals surface area contributed by atoms with Crippen LogP contribution in [0.15, 0.2) is 55.1 Å². The van der Waals surface area contributed by atoms with Crippen molar-refractivity contribution in [1.29, 1.82) is 0 Å². The second-order valence-electron chi connectivity index (χ2n) is 7.44. The Hall–Kier alpha value is -2.40. The lowest BCUT2D eigenvalue weighted by Gasteiger charge is -2.33. The predicted molar refractivity (Wildman–Crippen MR) is 103 cm³/mol. The molecule has 0 amide bonds. The largest absolute Gasteiger partial charge is 0.332 e. The lowest BCUT2D eigenvalue weighted by atomic mass is 9.96. The van der Waals surface area contributed by atoms with Crippen molar-refractivity contribution in [3.8, 4) is 5.69 Å². The first kappa shape index (κ1) is 17.0. The quantitative estimate of drug-likeness (QED) is 0.698. The lowest BCUT2D eigenvalue weighted by Crippen LogP contribution is -2.35. The third-order valence-electron chi connectivity index (χ3n) is 5.26. The smallest absolute Gasteiger partial charge is 0.113 e. The van der Waals surface area contributed by atoms with Crippen molar-refractivity contribution in [3.63, 3.8) is 0 Å². The summed E-state index contributed by atoms with van der Waals surface area (Å²) in [4.78, 5) is 7.25. The Bertz CT molecular complexity index is 834. The minimum Gasteiger partial charge on any atom is -0.332 e. The van der Waals surface area contributed by atoms with Gasteiger partial charge in [-0.2, -0.15) is 5.10 Å². The molecular formula is C21H27N5. The van der Waals surface area contributed by atoms with E-state index in [0.29, 0.717) is 12.0 Å². The SMILES string of the molecule is CC(C)n1ccnc1C1CCCN(Cc2ccccc2-n2cccn2)C1. The van der Waals surface area contributed by atoms with E-state index >= 15 is 0 Å². The lowest BCUT2D eigenvalue weighted by molar-refractivity contribution is 0.194. The van der Waals surface area contributed by atoms with Crippen LogP contribution in [0.5, 0.6) is 0 Å². The monoisotopic (exact) mass is 349 g/mol. The molecule has 26 heavy (non-hydrogen) atoms. The van der Waals surface area contributed by atoms with Gasteiger partial charge in [0.25, 0.3) is 0 Å². The summed E-state index contributed by atoms with van der Waals surface area (Å²) < 4.78 is 4.29. The van der Waals surface area contributed by atoms with Crippen LogP contribution in [0.1, 0.15) is 50.0 Å². The average Bonchev–Trinajstić information content (AvgIpc) is 3.34. The van der Waals surface area contributed by atoms with Gasteiger partial charge in [0.1, 0.15) is 5.82 Å². The molecule has 5 heteroatoms. The van der Waals surface area contributed by atoms with E-state index in [-0.39, 0.29) is 0 Å². The van der Waals surface area contributed by atoms with Gasteiger partial charge in [0, 0.05) is 49.8 Å². The van der Waals surface area contributed by atoms with Crippen LogP contribution in [0.2, 0.25) is 0 Å². The molecule has 136 valence electrons. The van der Waals surface area contributed by atoms with E-state index < -0.39 is 0 Å². The Balaban J connectivity index is 1.52. The summed E-state index contributed by atoms with van der Waals surface area (Å²) in [7, 11) is 0. The maximum Gasteiger partial charge on any atom is 0.113 e. The van der Waals surface area contributed by atoms with Gasteiger partial charge in [-0.3, -0.25) is 4.90 Å². The van der Waals surface area contributed by atoms with Crippen molar-refractivity contribution >= 4 is 0 Å². The number of para-hydroxylation sites is 1. The molecule has 0 N–H and O–H groups in total. The second-order valence-corrected chi connectivity index (χ2v) is 7.44. The van der Waals surface area contributed by atoms with Crippen LogP contribution in [0.4, 0.5) is 0 Å². The van der Waals surface area contributed by atoms with E-state index in [2.05, 4.69) is 63.9 Å². The Labute approximate surface area is 155 Å². The summed E-state index contributed by atoms with van der Waals surface area (Å²) in [6.45, 7) is 7.62. The van der Waals surface area contributed by atoms with E-state index in [1.54, 1.807) is 0 Å². The summed E-state index contributed by atoms with van der Waals surface area (Å²) in [5.74, 6) is 1.75. The Morgan fingerprint density at radius 2 is 2.00 bits per heavy atom. The fourth-order valence-corrected chi connectivity index (χ4v) is 4.01. The fourth-order valence-electron chi connectivity index (χ4n) is 4.01. The van der Waals surface area contributed by atoms with Gasteiger partial charge in [0.2, 0.25) is 0 Å². The molecule has 1 saturated heterocycles. The number of benzene rings is 1. The minimum absolute atomic E-state index is 0.461. The van der Waals surface area contributed by atoms with Gasteiger partial charge in [-0.1, -0.05) is 18.2 Å². The van der Waals surface area contributed by atoms with Crippen molar-refractivity contribution < 1.29 is 0 Å². The van der Waals surface area contributed by atoms with Gasteiger partial charge < -0.3 is 4.57 Å². The molecule has 5 nitrogen and oxygen atoms in total. The van der Waals surface area contributed by atoms with Crippen LogP contribution in [0.3, 0.4) is 0 Å². The minimum atomic E-state index is 0.461. The molecule has 3 aromatic rings. The summed E-state index contributed by atoms with van der Waals surface area (Å²) in [6.07, 6.45) is 10.4. The standard InChI is InChI=1S/C21H27N5/c1-17(2)25-14-11-22-21(25)19-8-5-12-24(16-19)15-18-7-3-4-9-20(18)26-13-6-10-23-26/h3-4,6-7,9-11,13-14,17,19H,5,8,12,15-16H2,1-2H3. The molecule has 4 rings (SSSR count). The molecule has 0 radical (unpaired) electrons. The number of hydrogen-bond acceptors (Lipinski definition) is 3. The van der Waals surface area contributed by atoms with Gasteiger partial charge in [-0.15, -0.1) is 0 Å². The Kier molecular flexibility index (Phi) is 4.89. The highest BCUT2D eigenvalue weighted by Crippen LogP contribution is 2.29. The zero-order chi connectivity index (χ0) is 17.9. The first-order valence-electron chi connectivity index (χ1n) is 9.55. The third-order valence-corrected chi connectivity index (χ3v) is 5.26. The number of hydrogen-bond donors (Lipinski definition) is 0. The normalized spacial score (nSPS) is 18.5. The van der Waals surface area contributed by atoms with Crippen LogP contribution in [-0.2, 0) is 6.54 Å². The maximum atomic E-state index is 4.68. The van der Waals surface area contributed by atoms with Crippen LogP contribution in [-0.4, -0.2) is 37.3 Å². The van der Waals surface area contributed by atoms with Gasteiger partial charge in [-0.25, -0.2) is 9.67 Å². The van der Waals surface area contributed by atoms with Crippen molar-refractivity contribution in [2.75, 3.05) is 13.1 Å². The number of imidazole rings is 1. The number of aromatic nitrogens is 4. The molecule has 3 heterocycles. The number of piperidine rings is 1. The van der Waals surface area contributed by atoms with Crippen LogP contribution in [0, 0.1) is 0 Å². The number of nitrogens with zero attached hydrogens (tertiary/aromatic N) is 5. The number of likely N-dealkylation sites (tertiary alicyclic amines) is 1.